The molecule has 0 radical (unpaired) electrons. The fourth-order valence-corrected chi connectivity index (χ4v) is 3.00. The highest BCUT2D eigenvalue weighted by Crippen LogP contribution is 2.27. The fraction of sp³-hybridized carbons (Fsp3) is 0.250. The van der Waals surface area contributed by atoms with E-state index in [9.17, 15) is 0 Å². The largest absolute Gasteiger partial charge is 0.330 e. The minimum atomic E-state index is 0.290. The Kier molecular flexibility index (Phi) is 4.10. The normalized spacial score (nSPS) is 12.3. The van der Waals surface area contributed by atoms with Crippen LogP contribution in [0.4, 0.5) is 0 Å². The van der Waals surface area contributed by atoms with E-state index in [0.29, 0.717) is 5.92 Å². The number of benzene rings is 2. The SMILES string of the molecule is Cc1cccc([C@@H](C)c2nccn2Cc2ccccc2)c1C. The Balaban J connectivity index is 1.93. The van der Waals surface area contributed by atoms with Crippen LogP contribution in [-0.2, 0) is 6.54 Å². The molecule has 0 saturated carbocycles. The average Bonchev–Trinajstić information content (AvgIpc) is 2.98. The van der Waals surface area contributed by atoms with Crippen molar-refractivity contribution in [2.45, 2.75) is 33.2 Å². The van der Waals surface area contributed by atoms with Crippen molar-refractivity contribution in [3.8, 4) is 0 Å². The molecule has 3 rings (SSSR count). The van der Waals surface area contributed by atoms with Gasteiger partial charge in [0.2, 0.25) is 0 Å². The van der Waals surface area contributed by atoms with Crippen LogP contribution in [0.1, 0.15) is 40.9 Å². The molecule has 1 heterocycles. The molecule has 0 N–H and O–H groups in total. The van der Waals surface area contributed by atoms with Crippen molar-refractivity contribution in [3.63, 3.8) is 0 Å². The number of nitrogens with zero attached hydrogens (tertiary/aromatic N) is 2. The number of aromatic nitrogens is 2. The molecule has 0 spiro atoms. The Morgan fingerprint density at radius 3 is 2.55 bits per heavy atom. The second-order valence-corrected chi connectivity index (χ2v) is 5.91. The van der Waals surface area contributed by atoms with Gasteiger partial charge in [0.25, 0.3) is 0 Å². The zero-order chi connectivity index (χ0) is 15.5. The number of hydrogen-bond acceptors (Lipinski definition) is 1. The zero-order valence-corrected chi connectivity index (χ0v) is 13.5. The molecule has 1 aromatic heterocycles. The van der Waals surface area contributed by atoms with E-state index < -0.39 is 0 Å². The van der Waals surface area contributed by atoms with Crippen molar-refractivity contribution in [1.82, 2.24) is 9.55 Å². The van der Waals surface area contributed by atoms with E-state index >= 15 is 0 Å². The second-order valence-electron chi connectivity index (χ2n) is 5.91. The third-order valence-corrected chi connectivity index (χ3v) is 4.44. The topological polar surface area (TPSA) is 17.8 Å². The number of imidazole rings is 1. The molecule has 3 aromatic rings. The summed E-state index contributed by atoms with van der Waals surface area (Å²) in [6.07, 6.45) is 3.98. The van der Waals surface area contributed by atoms with Crippen LogP contribution in [0.25, 0.3) is 0 Å². The minimum Gasteiger partial charge on any atom is -0.330 e. The summed E-state index contributed by atoms with van der Waals surface area (Å²) < 4.78 is 2.25. The molecular weight excluding hydrogens is 268 g/mol. The van der Waals surface area contributed by atoms with E-state index in [1.165, 1.54) is 22.3 Å². The highest BCUT2D eigenvalue weighted by atomic mass is 15.1. The highest BCUT2D eigenvalue weighted by molar-refractivity contribution is 5.38. The van der Waals surface area contributed by atoms with Crippen molar-refractivity contribution in [2.75, 3.05) is 0 Å². The van der Waals surface area contributed by atoms with Gasteiger partial charge >= 0.3 is 0 Å². The Hall–Kier alpha value is -2.35. The molecule has 1 atom stereocenters. The van der Waals surface area contributed by atoms with E-state index in [2.05, 4.69) is 85.1 Å². The molecule has 0 unspecified atom stereocenters. The van der Waals surface area contributed by atoms with Crippen LogP contribution in [0.15, 0.2) is 60.9 Å². The van der Waals surface area contributed by atoms with Gasteiger partial charge < -0.3 is 4.57 Å². The Morgan fingerprint density at radius 2 is 1.77 bits per heavy atom. The molecule has 0 fully saturated rings. The highest BCUT2D eigenvalue weighted by Gasteiger charge is 2.16. The van der Waals surface area contributed by atoms with Crippen LogP contribution in [-0.4, -0.2) is 9.55 Å². The summed E-state index contributed by atoms with van der Waals surface area (Å²) in [5, 5.41) is 0. The summed E-state index contributed by atoms with van der Waals surface area (Å²) in [5.74, 6) is 1.41. The van der Waals surface area contributed by atoms with E-state index in [4.69, 9.17) is 0 Å². The Morgan fingerprint density at radius 1 is 1.00 bits per heavy atom. The average molecular weight is 290 g/mol. The molecular formula is C20H22N2. The number of rotatable bonds is 4. The molecule has 2 heteroatoms. The molecule has 0 aliphatic carbocycles. The molecule has 2 nitrogen and oxygen atoms in total. The standard InChI is InChI=1S/C20H22N2/c1-15-8-7-11-19(16(15)2)17(3)20-21-12-13-22(20)14-18-9-5-4-6-10-18/h4-13,17H,14H2,1-3H3/t17-/m1/s1. The van der Waals surface area contributed by atoms with E-state index in [0.717, 1.165) is 12.4 Å². The summed E-state index contributed by atoms with van der Waals surface area (Å²) in [6, 6.07) is 17.1. The lowest BCUT2D eigenvalue weighted by atomic mass is 9.93. The first-order valence-electron chi connectivity index (χ1n) is 7.78. The molecule has 0 saturated heterocycles. The summed E-state index contributed by atoms with van der Waals surface area (Å²) in [6.45, 7) is 7.48. The summed E-state index contributed by atoms with van der Waals surface area (Å²) >= 11 is 0. The lowest BCUT2D eigenvalue weighted by molar-refractivity contribution is 0.687. The zero-order valence-electron chi connectivity index (χ0n) is 13.5. The molecule has 0 bridgehead atoms. The van der Waals surface area contributed by atoms with Crippen LogP contribution in [0.3, 0.4) is 0 Å². The molecule has 112 valence electrons. The van der Waals surface area contributed by atoms with Gasteiger partial charge in [-0.15, -0.1) is 0 Å². The third kappa shape index (κ3) is 2.82. The Bertz CT molecular complexity index is 756. The van der Waals surface area contributed by atoms with Gasteiger partial charge in [0.1, 0.15) is 5.82 Å². The monoisotopic (exact) mass is 290 g/mol. The van der Waals surface area contributed by atoms with E-state index in [-0.39, 0.29) is 0 Å². The van der Waals surface area contributed by atoms with Crippen LogP contribution >= 0.6 is 0 Å². The van der Waals surface area contributed by atoms with Crippen molar-refractivity contribution in [2.24, 2.45) is 0 Å². The lowest BCUT2D eigenvalue weighted by Gasteiger charge is -2.18. The van der Waals surface area contributed by atoms with Crippen molar-refractivity contribution in [3.05, 3.63) is 89.0 Å². The maximum Gasteiger partial charge on any atom is 0.116 e. The smallest absolute Gasteiger partial charge is 0.116 e. The van der Waals surface area contributed by atoms with Gasteiger partial charge in [-0.25, -0.2) is 4.98 Å². The lowest BCUT2D eigenvalue weighted by Crippen LogP contribution is -2.10. The van der Waals surface area contributed by atoms with Gasteiger partial charge in [0, 0.05) is 24.9 Å². The second kappa shape index (κ2) is 6.18. The van der Waals surface area contributed by atoms with Gasteiger partial charge in [-0.3, -0.25) is 0 Å². The Labute approximate surface area is 132 Å². The molecule has 0 aliphatic rings. The van der Waals surface area contributed by atoms with Gasteiger partial charge in [0.15, 0.2) is 0 Å². The summed E-state index contributed by atoms with van der Waals surface area (Å²) in [4.78, 5) is 4.62. The number of aryl methyl sites for hydroxylation is 1. The van der Waals surface area contributed by atoms with E-state index in [1.807, 2.05) is 6.20 Å². The van der Waals surface area contributed by atoms with Crippen molar-refractivity contribution >= 4 is 0 Å². The summed E-state index contributed by atoms with van der Waals surface area (Å²) in [7, 11) is 0. The predicted molar refractivity (Wildman–Crippen MR) is 91.2 cm³/mol. The summed E-state index contributed by atoms with van der Waals surface area (Å²) in [5.41, 5.74) is 5.37. The first-order valence-corrected chi connectivity index (χ1v) is 7.78. The third-order valence-electron chi connectivity index (χ3n) is 4.44. The molecule has 0 aliphatic heterocycles. The predicted octanol–water partition coefficient (Wildman–Crippen LogP) is 4.70. The maximum absolute atomic E-state index is 4.62. The van der Waals surface area contributed by atoms with Gasteiger partial charge in [-0.1, -0.05) is 55.5 Å². The molecule has 22 heavy (non-hydrogen) atoms. The molecule has 0 amide bonds. The van der Waals surface area contributed by atoms with Crippen LogP contribution in [0.2, 0.25) is 0 Å². The number of hydrogen-bond donors (Lipinski definition) is 0. The quantitative estimate of drug-likeness (QED) is 0.681. The molecule has 2 aromatic carbocycles. The van der Waals surface area contributed by atoms with Gasteiger partial charge in [0.05, 0.1) is 0 Å². The van der Waals surface area contributed by atoms with Crippen molar-refractivity contribution in [1.29, 1.82) is 0 Å². The van der Waals surface area contributed by atoms with Crippen LogP contribution in [0.5, 0.6) is 0 Å². The first-order chi connectivity index (χ1) is 10.7. The van der Waals surface area contributed by atoms with Crippen LogP contribution < -0.4 is 0 Å². The van der Waals surface area contributed by atoms with Crippen LogP contribution in [0, 0.1) is 13.8 Å². The fourth-order valence-electron chi connectivity index (χ4n) is 3.00. The minimum absolute atomic E-state index is 0.290. The first kappa shape index (κ1) is 14.6. The maximum atomic E-state index is 4.62. The van der Waals surface area contributed by atoms with Gasteiger partial charge in [-0.05, 0) is 36.1 Å². The van der Waals surface area contributed by atoms with E-state index in [1.54, 1.807) is 0 Å². The van der Waals surface area contributed by atoms with Crippen molar-refractivity contribution < 1.29 is 0 Å². The van der Waals surface area contributed by atoms with Gasteiger partial charge in [-0.2, -0.15) is 0 Å².